The molecule has 0 fully saturated rings. The van der Waals surface area contributed by atoms with Crippen LogP contribution in [0.3, 0.4) is 0 Å². The molecule has 0 bridgehead atoms. The Morgan fingerprint density at radius 3 is 0.824 bits per heavy atom. The van der Waals surface area contributed by atoms with Gasteiger partial charge in [0, 0.05) is 44.5 Å². The largest absolute Gasteiger partial charge is 0.453 e. The van der Waals surface area contributed by atoms with E-state index in [1.54, 1.807) is 0 Å². The molecule has 13 rings (SSSR count). The Morgan fingerprint density at radius 1 is 0.216 bits per heavy atom. The molecule has 0 atom stereocenters. The molecule has 348 valence electrons. The Labute approximate surface area is 431 Å². The van der Waals surface area contributed by atoms with Crippen molar-refractivity contribution in [2.45, 2.75) is 0 Å². The molecule has 0 saturated heterocycles. The van der Waals surface area contributed by atoms with E-state index in [0.29, 0.717) is 0 Å². The fourth-order valence-corrected chi connectivity index (χ4v) is 10.5. The second-order valence-electron chi connectivity index (χ2n) is 18.4. The van der Waals surface area contributed by atoms with E-state index in [1.165, 1.54) is 0 Å². The van der Waals surface area contributed by atoms with Crippen LogP contribution in [0.15, 0.2) is 285 Å². The quantitative estimate of drug-likeness (QED) is 0.137. The van der Waals surface area contributed by atoms with Crippen molar-refractivity contribution in [2.75, 3.05) is 4.90 Å². The third-order valence-electron chi connectivity index (χ3n) is 13.9. The van der Waals surface area contributed by atoms with Crippen LogP contribution in [0.25, 0.3) is 101 Å². The first-order chi connectivity index (χ1) is 36.7. The molecule has 12 aromatic rings. The van der Waals surface area contributed by atoms with Crippen LogP contribution in [0, 0.1) is 0 Å². The number of fused-ring (bicyclic) bond motifs is 2. The summed E-state index contributed by atoms with van der Waals surface area (Å²) in [7, 11) is 0. The summed E-state index contributed by atoms with van der Waals surface area (Å²) >= 11 is 0. The zero-order valence-electron chi connectivity index (χ0n) is 40.4. The van der Waals surface area contributed by atoms with Crippen LogP contribution >= 0.6 is 0 Å². The van der Waals surface area contributed by atoms with E-state index in [2.05, 4.69) is 278 Å². The highest BCUT2D eigenvalue weighted by Gasteiger charge is 2.35. The molecule has 0 N–H and O–H groups in total. The summed E-state index contributed by atoms with van der Waals surface area (Å²) in [4.78, 5) is 12.8. The van der Waals surface area contributed by atoms with Gasteiger partial charge >= 0.3 is 0 Å². The Morgan fingerprint density at radius 2 is 0.473 bits per heavy atom. The fourth-order valence-electron chi connectivity index (χ4n) is 10.5. The molecule has 2 aromatic heterocycles. The lowest BCUT2D eigenvalue weighted by molar-refractivity contribution is 0.477. The maximum absolute atomic E-state index is 6.80. The van der Waals surface area contributed by atoms with Gasteiger partial charge in [0.25, 0.3) is 0 Å². The number of para-hydroxylation sites is 4. The SMILES string of the molecule is c1ccc(-c2cccc(-c3ccc(-c4c(-c5ccccc5)c(-c5ccccc5)c(-c5ccccc5)c(-c5ccc(-c6cccc(-c7ccccc7)n6)cc5)c4N4c5ccccc5Oc5ccccc54)cc3)n2)cc1. The first-order valence-electron chi connectivity index (χ1n) is 25.1. The van der Waals surface area contributed by atoms with E-state index >= 15 is 0 Å². The van der Waals surface area contributed by atoms with Crippen molar-refractivity contribution < 1.29 is 4.74 Å². The molecule has 0 unspecified atom stereocenters. The third kappa shape index (κ3) is 8.20. The molecule has 0 aliphatic carbocycles. The Balaban J connectivity index is 1.15. The highest BCUT2D eigenvalue weighted by atomic mass is 16.5. The van der Waals surface area contributed by atoms with E-state index in [0.717, 1.165) is 129 Å². The van der Waals surface area contributed by atoms with Crippen LogP contribution in [0.2, 0.25) is 0 Å². The number of nitrogens with zero attached hydrogens (tertiary/aromatic N) is 3. The zero-order chi connectivity index (χ0) is 49.2. The maximum Gasteiger partial charge on any atom is 0.151 e. The molecule has 3 heterocycles. The van der Waals surface area contributed by atoms with Gasteiger partial charge in [-0.05, 0) is 81.9 Å². The minimum Gasteiger partial charge on any atom is -0.453 e. The normalized spacial score (nSPS) is 11.6. The van der Waals surface area contributed by atoms with Crippen LogP contribution in [-0.2, 0) is 0 Å². The van der Waals surface area contributed by atoms with Crippen molar-refractivity contribution >= 4 is 17.1 Å². The van der Waals surface area contributed by atoms with E-state index in [9.17, 15) is 0 Å². The van der Waals surface area contributed by atoms with Gasteiger partial charge in [0.1, 0.15) is 0 Å². The molecular formula is C70H47N3O. The predicted octanol–water partition coefficient (Wildman–Crippen LogP) is 19.1. The van der Waals surface area contributed by atoms with Crippen molar-refractivity contribution in [3.63, 3.8) is 0 Å². The van der Waals surface area contributed by atoms with Crippen LogP contribution in [0.5, 0.6) is 11.5 Å². The Hall–Kier alpha value is -9.90. The molecule has 0 radical (unpaired) electrons. The number of ether oxygens (including phenoxy) is 1. The van der Waals surface area contributed by atoms with Crippen molar-refractivity contribution in [1.82, 2.24) is 9.97 Å². The lowest BCUT2D eigenvalue weighted by Crippen LogP contribution is -2.18. The molecule has 10 aromatic carbocycles. The average Bonchev–Trinajstić information content (AvgIpc) is 3.51. The molecule has 0 saturated carbocycles. The number of hydrogen-bond acceptors (Lipinski definition) is 4. The lowest BCUT2D eigenvalue weighted by atomic mass is 9.76. The average molecular weight is 946 g/mol. The van der Waals surface area contributed by atoms with Crippen molar-refractivity contribution in [3.05, 3.63) is 285 Å². The zero-order valence-corrected chi connectivity index (χ0v) is 40.4. The van der Waals surface area contributed by atoms with Gasteiger partial charge in [-0.1, -0.05) is 237 Å². The minimum atomic E-state index is 0.775. The van der Waals surface area contributed by atoms with Gasteiger partial charge in [0.05, 0.1) is 39.8 Å². The summed E-state index contributed by atoms with van der Waals surface area (Å²) in [6.07, 6.45) is 0. The lowest BCUT2D eigenvalue weighted by Gasteiger charge is -2.38. The van der Waals surface area contributed by atoms with Gasteiger partial charge in [0.2, 0.25) is 0 Å². The minimum absolute atomic E-state index is 0.775. The number of anilines is 3. The fraction of sp³-hybridized carbons (Fsp3) is 0. The van der Waals surface area contributed by atoms with Gasteiger partial charge in [0.15, 0.2) is 11.5 Å². The number of rotatable bonds is 10. The maximum atomic E-state index is 6.80. The van der Waals surface area contributed by atoms with Crippen LogP contribution in [0.4, 0.5) is 17.1 Å². The van der Waals surface area contributed by atoms with Crippen molar-refractivity contribution in [2.24, 2.45) is 0 Å². The van der Waals surface area contributed by atoms with Crippen LogP contribution in [-0.4, -0.2) is 9.97 Å². The first kappa shape index (κ1) is 44.1. The van der Waals surface area contributed by atoms with Crippen LogP contribution in [0.1, 0.15) is 0 Å². The molecule has 4 nitrogen and oxygen atoms in total. The second-order valence-corrected chi connectivity index (χ2v) is 18.4. The topological polar surface area (TPSA) is 38.2 Å². The highest BCUT2D eigenvalue weighted by Crippen LogP contribution is 2.61. The molecule has 0 amide bonds. The number of pyridine rings is 2. The molecule has 4 heteroatoms. The second kappa shape index (κ2) is 19.4. The van der Waals surface area contributed by atoms with Gasteiger partial charge in [-0.15, -0.1) is 0 Å². The molecular weight excluding hydrogens is 899 g/mol. The van der Waals surface area contributed by atoms with Crippen molar-refractivity contribution in [3.8, 4) is 112 Å². The molecule has 1 aliphatic rings. The highest BCUT2D eigenvalue weighted by molar-refractivity contribution is 6.16. The summed E-state index contributed by atoms with van der Waals surface area (Å²) in [6, 6.07) is 101. The monoisotopic (exact) mass is 945 g/mol. The van der Waals surface area contributed by atoms with E-state index < -0.39 is 0 Å². The van der Waals surface area contributed by atoms with Gasteiger partial charge in [-0.2, -0.15) is 0 Å². The number of aromatic nitrogens is 2. The predicted molar refractivity (Wildman–Crippen MR) is 306 cm³/mol. The Kier molecular flexibility index (Phi) is 11.5. The van der Waals surface area contributed by atoms with E-state index in [4.69, 9.17) is 14.7 Å². The summed E-state index contributed by atoms with van der Waals surface area (Å²) < 4.78 is 6.80. The van der Waals surface area contributed by atoms with Gasteiger partial charge in [-0.3, -0.25) is 0 Å². The molecule has 1 aliphatic heterocycles. The Bertz CT molecular complexity index is 3700. The summed E-state index contributed by atoms with van der Waals surface area (Å²) in [5.41, 5.74) is 21.8. The summed E-state index contributed by atoms with van der Waals surface area (Å²) in [5.74, 6) is 1.55. The summed E-state index contributed by atoms with van der Waals surface area (Å²) in [6.45, 7) is 0. The van der Waals surface area contributed by atoms with E-state index in [-0.39, 0.29) is 0 Å². The van der Waals surface area contributed by atoms with Crippen molar-refractivity contribution in [1.29, 1.82) is 0 Å². The van der Waals surface area contributed by atoms with Gasteiger partial charge < -0.3 is 9.64 Å². The first-order valence-corrected chi connectivity index (χ1v) is 25.1. The smallest absolute Gasteiger partial charge is 0.151 e. The standard InChI is InChI=1S/C70H47N3O/c1-6-22-48(23-7-1)57-32-20-34-59(71-57)50-40-44-55(45-41-50)68-66(53-28-12-4-13-29-53)65(52-26-10-3-11-27-52)67(54-30-14-5-15-31-54)69(70(68)73-61-36-16-18-38-63(61)74-64-39-19-17-37-62(64)73)56-46-42-51(43-47-56)60-35-21-33-58(72-60)49-24-8-2-9-25-49/h1-47H. The van der Waals surface area contributed by atoms with Crippen LogP contribution < -0.4 is 9.64 Å². The van der Waals surface area contributed by atoms with Gasteiger partial charge in [-0.25, -0.2) is 9.97 Å². The third-order valence-corrected chi connectivity index (χ3v) is 13.9. The summed E-state index contributed by atoms with van der Waals surface area (Å²) in [5, 5.41) is 0. The number of hydrogen-bond donors (Lipinski definition) is 0. The molecule has 74 heavy (non-hydrogen) atoms. The number of benzene rings is 10. The van der Waals surface area contributed by atoms with E-state index in [1.807, 2.05) is 12.1 Å². The molecule has 0 spiro atoms.